The topological polar surface area (TPSA) is 231 Å². The van der Waals surface area contributed by atoms with Gasteiger partial charge in [0.25, 0.3) is 0 Å². The molecule has 0 spiro atoms. The Labute approximate surface area is 726 Å². The molecule has 18 heteroatoms. The Morgan fingerprint density at radius 3 is 0.706 bits per heavy atom. The summed E-state index contributed by atoms with van der Waals surface area (Å²) in [6, 6.07) is 0. The molecule has 119 heavy (non-hydrogen) atoms. The van der Waals surface area contributed by atoms with E-state index in [0.29, 0.717) is 19.3 Å². The second-order valence-electron chi connectivity index (χ2n) is 31.4. The van der Waals surface area contributed by atoms with Gasteiger partial charge in [-0.15, -0.1) is 0 Å². The summed E-state index contributed by atoms with van der Waals surface area (Å²) in [6.07, 6.45) is 120. The summed E-state index contributed by atoms with van der Waals surface area (Å²) in [4.78, 5) is 59.0. The van der Waals surface area contributed by atoms with Crippen LogP contribution in [-0.2, 0) is 55.8 Å². The van der Waals surface area contributed by atoms with Gasteiger partial charge in [-0.05, 0) is 154 Å². The van der Waals surface area contributed by atoms with E-state index < -0.39 is 91.5 Å². The molecule has 0 heterocycles. The molecule has 0 rings (SSSR count). The quantitative estimate of drug-likeness (QED) is 0.0146. The number of allylic oxidation sites excluding steroid dienone is 28. The number of phosphoric acid groups is 2. The van der Waals surface area contributed by atoms with Gasteiger partial charge in [0, 0.05) is 19.3 Å². The Bertz CT molecular complexity index is 2840. The van der Waals surface area contributed by atoms with Crippen LogP contribution < -0.4 is 0 Å². The van der Waals surface area contributed by atoms with Gasteiger partial charge >= 0.3 is 33.6 Å². The lowest BCUT2D eigenvalue weighted by Gasteiger charge is -2.21. The molecule has 0 aromatic rings. The fourth-order valence-electron chi connectivity index (χ4n) is 12.8. The van der Waals surface area contributed by atoms with Crippen LogP contribution >= 0.6 is 15.6 Å². The molecule has 0 aromatic heterocycles. The van der Waals surface area contributed by atoms with Crippen LogP contribution in [0.15, 0.2) is 170 Å². The fourth-order valence-corrected chi connectivity index (χ4v) is 14.4. The molecule has 5 atom stereocenters. The maximum atomic E-state index is 13.0. The number of aliphatic hydroxyl groups excluding tert-OH is 2. The van der Waals surface area contributed by atoms with E-state index in [1.54, 1.807) is 0 Å². The summed E-state index contributed by atoms with van der Waals surface area (Å²) < 4.78 is 61.4. The summed E-state index contributed by atoms with van der Waals surface area (Å²) in [5, 5.41) is 20.7. The number of hydrogen-bond acceptors (Lipinski definition) is 14. The highest BCUT2D eigenvalue weighted by Gasteiger charge is 2.30. The Kier molecular flexibility index (Phi) is 88.2. The van der Waals surface area contributed by atoms with Crippen LogP contribution in [0, 0.1) is 0 Å². The number of aliphatic hydroxyl groups is 2. The van der Waals surface area contributed by atoms with Crippen molar-refractivity contribution in [1.29, 1.82) is 0 Å². The van der Waals surface area contributed by atoms with Crippen molar-refractivity contribution in [2.45, 2.75) is 411 Å². The van der Waals surface area contributed by atoms with Gasteiger partial charge in [-0.25, -0.2) is 9.13 Å². The molecule has 0 aliphatic heterocycles. The summed E-state index contributed by atoms with van der Waals surface area (Å²) >= 11 is 0. The summed E-state index contributed by atoms with van der Waals surface area (Å²) in [5.74, 6) is -1.59. The smallest absolute Gasteiger partial charge is 0.463 e. The van der Waals surface area contributed by atoms with Crippen LogP contribution in [-0.4, -0.2) is 95.9 Å². The Morgan fingerprint density at radius 1 is 0.244 bits per heavy atom. The average molecular weight is 1700 g/mol. The Balaban J connectivity index is 4.48. The number of rotatable bonds is 89. The highest BCUT2D eigenvalue weighted by molar-refractivity contribution is 7.47. The van der Waals surface area contributed by atoms with E-state index in [4.69, 9.17) is 32.3 Å². The number of carbonyl (C=O) groups excluding carboxylic acids is 3. The van der Waals surface area contributed by atoms with Gasteiger partial charge in [0.1, 0.15) is 25.4 Å². The first-order valence-corrected chi connectivity index (χ1v) is 50.4. The van der Waals surface area contributed by atoms with Crippen LogP contribution in [0.2, 0.25) is 0 Å². The number of carbonyl (C=O) groups is 3. The van der Waals surface area contributed by atoms with Gasteiger partial charge in [-0.1, -0.05) is 390 Å². The molecule has 0 saturated heterocycles. The van der Waals surface area contributed by atoms with Crippen molar-refractivity contribution in [1.82, 2.24) is 0 Å². The van der Waals surface area contributed by atoms with Crippen LogP contribution in [0.4, 0.5) is 0 Å². The second kappa shape index (κ2) is 92.1. The van der Waals surface area contributed by atoms with Crippen molar-refractivity contribution in [2.24, 2.45) is 0 Å². The van der Waals surface area contributed by atoms with E-state index in [-0.39, 0.29) is 19.3 Å². The van der Waals surface area contributed by atoms with Crippen molar-refractivity contribution in [3.8, 4) is 0 Å². The predicted octanol–water partition coefficient (Wildman–Crippen LogP) is 29.4. The number of ether oxygens (including phenoxy) is 3. The third-order valence-electron chi connectivity index (χ3n) is 19.9. The van der Waals surface area contributed by atoms with Gasteiger partial charge in [0.2, 0.25) is 0 Å². The third-order valence-corrected chi connectivity index (χ3v) is 21.8. The van der Waals surface area contributed by atoms with Gasteiger partial charge in [0.05, 0.1) is 26.4 Å². The van der Waals surface area contributed by atoms with Gasteiger partial charge in [-0.2, -0.15) is 0 Å². The van der Waals surface area contributed by atoms with E-state index in [1.165, 1.54) is 186 Å². The number of esters is 3. The lowest BCUT2D eigenvalue weighted by atomic mass is 10.0. The fraction of sp³-hybridized carbons (Fsp3) is 0.693. The van der Waals surface area contributed by atoms with E-state index in [9.17, 15) is 43.5 Å². The normalized spacial score (nSPS) is 14.5. The zero-order chi connectivity index (χ0) is 86.5. The lowest BCUT2D eigenvalue weighted by molar-refractivity contribution is -0.161. The van der Waals surface area contributed by atoms with E-state index in [2.05, 4.69) is 191 Å². The third kappa shape index (κ3) is 93.5. The van der Waals surface area contributed by atoms with Gasteiger partial charge in [-0.3, -0.25) is 32.5 Å². The highest BCUT2D eigenvalue weighted by atomic mass is 31.2. The molecule has 0 saturated carbocycles. The van der Waals surface area contributed by atoms with Crippen molar-refractivity contribution in [3.05, 3.63) is 170 Å². The van der Waals surface area contributed by atoms with E-state index >= 15 is 0 Å². The molecule has 682 valence electrons. The van der Waals surface area contributed by atoms with Gasteiger partial charge in [0.15, 0.2) is 6.10 Å². The SMILES string of the molecule is CC/C=C\C/C=C\C/C=C\C/C=C\C/C=C\C/C=C\CCCCCCCCCCCCCCCCCCC(=O)OCC(O)COP(=O)(O)OCC(O)COP(=O)(O)OCC(COC(=O)CCCCCCCCCCCCCCCCC/C=C\C/C=C\C/C=C\C/C=C\CCCCC)OC(=O)CCCCCC/C=C\C/C=C\C/C=C\C/C=C\CC. The summed E-state index contributed by atoms with van der Waals surface area (Å²) in [5.41, 5.74) is 0. The number of hydrogen-bond donors (Lipinski definition) is 4. The molecular weight excluding hydrogens is 1530 g/mol. The first-order chi connectivity index (χ1) is 58.2. The first-order valence-electron chi connectivity index (χ1n) is 47.4. The Hall–Kier alpha value is -5.09. The van der Waals surface area contributed by atoms with Crippen molar-refractivity contribution >= 4 is 33.6 Å². The molecule has 0 amide bonds. The summed E-state index contributed by atoms with van der Waals surface area (Å²) in [7, 11) is -9.82. The van der Waals surface area contributed by atoms with Gasteiger partial charge < -0.3 is 34.2 Å². The standard InChI is InChI=1S/C101H172O16P2/c1-4-7-10-13-16-19-22-25-28-31-33-35-37-39-41-43-45-46-47-48-50-52-53-55-57-59-61-64-66-69-72-75-78-81-84-87-99(104)111-90-96(102)91-113-118(107,108)114-92-97(103)93-115-119(109,110)116-95-98(117-101(106)89-86-83-80-77-74-71-68-63-30-27-24-21-18-15-12-9-6-3)94-112-100(105)88-85-82-79-76-73-70-67-65-62-60-58-56-54-51-49-44-42-40-38-36-34-32-29-26-23-20-17-14-11-8-5-2/h7,9-10,12,16-21,25-30,33-36,39-42,45-46,68,71,96-98,102-103H,4-6,8,11,13-15,22-24,31-32,37-38,43-44,47-67,69-70,72-95H2,1-3H3,(H,107,108)(H,109,110)/b10-7-,12-9-,19-16-,20-17-,21-18-,28-25-,29-26-,30-27-,35-33-,36-34-,41-39-,42-40-,46-45-,71-68-. The second-order valence-corrected chi connectivity index (χ2v) is 34.3. The van der Waals surface area contributed by atoms with Crippen LogP contribution in [0.1, 0.15) is 393 Å². The minimum Gasteiger partial charge on any atom is -0.463 e. The van der Waals surface area contributed by atoms with E-state index in [0.717, 1.165) is 148 Å². The number of unbranched alkanes of at least 4 members (excludes halogenated alkanes) is 38. The zero-order valence-electron chi connectivity index (χ0n) is 75.2. The highest BCUT2D eigenvalue weighted by Crippen LogP contribution is 2.45. The minimum absolute atomic E-state index is 0.0740. The Morgan fingerprint density at radius 2 is 0.445 bits per heavy atom. The molecule has 4 N–H and O–H groups in total. The molecule has 0 aliphatic carbocycles. The molecule has 0 aliphatic rings. The molecule has 0 fully saturated rings. The first kappa shape index (κ1) is 114. The summed E-state index contributed by atoms with van der Waals surface area (Å²) in [6.45, 7) is 2.44. The molecular formula is C101H172O16P2. The molecule has 0 radical (unpaired) electrons. The van der Waals surface area contributed by atoms with Crippen molar-refractivity contribution in [2.75, 3.05) is 39.6 Å². The van der Waals surface area contributed by atoms with Crippen molar-refractivity contribution < 1.29 is 75.8 Å². The molecule has 0 aromatic carbocycles. The lowest BCUT2D eigenvalue weighted by Crippen LogP contribution is -2.30. The average Bonchev–Trinajstić information content (AvgIpc) is 0.902. The molecule has 16 nitrogen and oxygen atoms in total. The van der Waals surface area contributed by atoms with Crippen LogP contribution in [0.5, 0.6) is 0 Å². The van der Waals surface area contributed by atoms with Crippen molar-refractivity contribution in [3.63, 3.8) is 0 Å². The monoisotopic (exact) mass is 1700 g/mol. The van der Waals surface area contributed by atoms with E-state index in [1.807, 2.05) is 0 Å². The maximum Gasteiger partial charge on any atom is 0.472 e. The largest absolute Gasteiger partial charge is 0.472 e. The van der Waals surface area contributed by atoms with Crippen LogP contribution in [0.3, 0.4) is 0 Å². The molecule has 5 unspecified atom stereocenters. The maximum absolute atomic E-state index is 13.0. The molecule has 0 bridgehead atoms. The zero-order valence-corrected chi connectivity index (χ0v) is 77.0. The number of phosphoric ester groups is 2. The minimum atomic E-state index is -4.95. The predicted molar refractivity (Wildman–Crippen MR) is 500 cm³/mol. The van der Waals surface area contributed by atoms with Crippen LogP contribution in [0.25, 0.3) is 0 Å².